The van der Waals surface area contributed by atoms with Crippen molar-refractivity contribution in [3.63, 3.8) is 0 Å². The Bertz CT molecular complexity index is 740. The van der Waals surface area contributed by atoms with Gasteiger partial charge >= 0.3 is 0 Å². The van der Waals surface area contributed by atoms with Gasteiger partial charge in [-0.3, -0.25) is 9.69 Å². The SMILES string of the molecule is Cc1ncsc1CN1CCC2(CC1)CN(C(=O)Cn1cnnn1)CCO2. The fourth-order valence-electron chi connectivity index (χ4n) is 3.65. The Balaban J connectivity index is 1.33. The van der Waals surface area contributed by atoms with Gasteiger partial charge in [-0.25, -0.2) is 9.67 Å². The lowest BCUT2D eigenvalue weighted by molar-refractivity contribution is -0.160. The average Bonchev–Trinajstić information content (AvgIpc) is 3.30. The second-order valence-corrected chi connectivity index (χ2v) is 7.93. The molecule has 4 heterocycles. The molecule has 26 heavy (non-hydrogen) atoms. The fraction of sp³-hybridized carbons (Fsp3) is 0.688. The molecule has 2 aromatic rings. The summed E-state index contributed by atoms with van der Waals surface area (Å²) in [7, 11) is 0. The number of aromatic nitrogens is 5. The lowest BCUT2D eigenvalue weighted by atomic mass is 9.89. The molecule has 0 radical (unpaired) electrons. The molecule has 1 amide bonds. The highest BCUT2D eigenvalue weighted by molar-refractivity contribution is 7.09. The minimum atomic E-state index is -0.215. The number of carbonyl (C=O) groups is 1. The molecule has 0 aromatic carbocycles. The van der Waals surface area contributed by atoms with Crippen molar-refractivity contribution in [1.29, 1.82) is 0 Å². The maximum atomic E-state index is 12.5. The molecule has 140 valence electrons. The topological polar surface area (TPSA) is 89.3 Å². The number of aryl methyl sites for hydroxylation is 1. The number of morpholine rings is 1. The first-order chi connectivity index (χ1) is 12.6. The normalized spacial score (nSPS) is 20.6. The van der Waals surface area contributed by atoms with Crippen molar-refractivity contribution in [2.45, 2.75) is 38.5 Å². The molecule has 4 rings (SSSR count). The summed E-state index contributed by atoms with van der Waals surface area (Å²) in [6, 6.07) is 0. The van der Waals surface area contributed by atoms with E-state index in [1.165, 1.54) is 15.9 Å². The zero-order chi connectivity index (χ0) is 18.0. The number of carbonyl (C=O) groups excluding carboxylic acids is 1. The van der Waals surface area contributed by atoms with E-state index in [2.05, 4.69) is 32.3 Å². The summed E-state index contributed by atoms with van der Waals surface area (Å²) in [5.74, 6) is 0.0442. The van der Waals surface area contributed by atoms with Crippen LogP contribution in [0.25, 0.3) is 0 Å². The Morgan fingerprint density at radius 3 is 2.88 bits per heavy atom. The molecule has 0 N–H and O–H groups in total. The van der Waals surface area contributed by atoms with Crippen LogP contribution in [-0.4, -0.2) is 79.3 Å². The minimum absolute atomic E-state index is 0.0442. The Morgan fingerprint density at radius 2 is 2.19 bits per heavy atom. The van der Waals surface area contributed by atoms with Crippen molar-refractivity contribution in [3.05, 3.63) is 22.4 Å². The number of rotatable bonds is 4. The Labute approximate surface area is 155 Å². The number of nitrogens with zero attached hydrogens (tertiary/aromatic N) is 7. The first-order valence-electron chi connectivity index (χ1n) is 8.87. The van der Waals surface area contributed by atoms with E-state index in [-0.39, 0.29) is 18.1 Å². The molecule has 0 unspecified atom stereocenters. The van der Waals surface area contributed by atoms with E-state index < -0.39 is 0 Å². The van der Waals surface area contributed by atoms with E-state index in [0.717, 1.165) is 38.2 Å². The van der Waals surface area contributed by atoms with Gasteiger partial charge in [0.15, 0.2) is 0 Å². The maximum absolute atomic E-state index is 12.5. The molecule has 0 aliphatic carbocycles. The Morgan fingerprint density at radius 1 is 1.35 bits per heavy atom. The molecule has 2 aliphatic heterocycles. The highest BCUT2D eigenvalue weighted by Crippen LogP contribution is 2.31. The number of hydrogen-bond acceptors (Lipinski definition) is 8. The fourth-order valence-corrected chi connectivity index (χ4v) is 4.47. The van der Waals surface area contributed by atoms with Crippen LogP contribution >= 0.6 is 11.3 Å². The van der Waals surface area contributed by atoms with Crippen molar-refractivity contribution < 1.29 is 9.53 Å². The van der Waals surface area contributed by atoms with Gasteiger partial charge in [0.25, 0.3) is 0 Å². The molecule has 2 saturated heterocycles. The van der Waals surface area contributed by atoms with Crippen molar-refractivity contribution >= 4 is 17.2 Å². The molecule has 0 saturated carbocycles. The van der Waals surface area contributed by atoms with Gasteiger partial charge in [0.1, 0.15) is 12.9 Å². The summed E-state index contributed by atoms with van der Waals surface area (Å²) < 4.78 is 7.61. The van der Waals surface area contributed by atoms with Gasteiger partial charge in [-0.05, 0) is 30.2 Å². The molecule has 2 aromatic heterocycles. The summed E-state index contributed by atoms with van der Waals surface area (Å²) in [5.41, 5.74) is 2.82. The molecule has 0 atom stereocenters. The molecule has 10 heteroatoms. The summed E-state index contributed by atoms with van der Waals surface area (Å²) in [6.45, 7) is 7.03. The standard InChI is InChI=1S/C16H23N7O2S/c1-13-14(26-12-17-13)8-21-4-2-16(3-5-21)10-22(6-7-25-16)15(24)9-23-11-18-19-20-23/h11-12H,2-10H2,1H3. The predicted molar refractivity (Wildman–Crippen MR) is 94.4 cm³/mol. The lowest BCUT2D eigenvalue weighted by Crippen LogP contribution is -2.58. The van der Waals surface area contributed by atoms with Crippen LogP contribution < -0.4 is 0 Å². The van der Waals surface area contributed by atoms with Gasteiger partial charge in [0.2, 0.25) is 5.91 Å². The summed E-state index contributed by atoms with van der Waals surface area (Å²) >= 11 is 1.72. The van der Waals surface area contributed by atoms with Crippen LogP contribution in [-0.2, 0) is 22.6 Å². The minimum Gasteiger partial charge on any atom is -0.371 e. The van der Waals surface area contributed by atoms with Crippen LogP contribution in [0.4, 0.5) is 0 Å². The van der Waals surface area contributed by atoms with Crippen LogP contribution in [0.3, 0.4) is 0 Å². The predicted octanol–water partition coefficient (Wildman–Crippen LogP) is 0.332. The molecular formula is C16H23N7O2S. The molecule has 0 bridgehead atoms. The molecular weight excluding hydrogens is 354 g/mol. The van der Waals surface area contributed by atoms with Crippen LogP contribution in [0, 0.1) is 6.92 Å². The zero-order valence-electron chi connectivity index (χ0n) is 14.9. The van der Waals surface area contributed by atoms with E-state index in [1.54, 1.807) is 11.3 Å². The van der Waals surface area contributed by atoms with Crippen LogP contribution in [0.15, 0.2) is 11.8 Å². The average molecular weight is 377 g/mol. The number of tetrazole rings is 1. The smallest absolute Gasteiger partial charge is 0.244 e. The molecule has 2 aliphatic rings. The largest absolute Gasteiger partial charge is 0.371 e. The van der Waals surface area contributed by atoms with Gasteiger partial charge in [-0.1, -0.05) is 0 Å². The van der Waals surface area contributed by atoms with Gasteiger partial charge in [0, 0.05) is 37.6 Å². The monoisotopic (exact) mass is 377 g/mol. The quantitative estimate of drug-likeness (QED) is 0.759. The molecule has 9 nitrogen and oxygen atoms in total. The third-order valence-corrected chi connectivity index (χ3v) is 6.19. The first kappa shape index (κ1) is 17.5. The first-order valence-corrected chi connectivity index (χ1v) is 9.75. The van der Waals surface area contributed by atoms with Crippen LogP contribution in [0.5, 0.6) is 0 Å². The number of thiazole rings is 1. The third kappa shape index (κ3) is 3.76. The van der Waals surface area contributed by atoms with Gasteiger partial charge < -0.3 is 9.64 Å². The number of piperidine rings is 1. The number of ether oxygens (including phenoxy) is 1. The molecule has 2 fully saturated rings. The number of hydrogen-bond donors (Lipinski definition) is 0. The van der Waals surface area contributed by atoms with Gasteiger partial charge in [0.05, 0.1) is 23.4 Å². The zero-order valence-corrected chi connectivity index (χ0v) is 15.7. The van der Waals surface area contributed by atoms with E-state index in [4.69, 9.17) is 4.74 Å². The second kappa shape index (κ2) is 7.37. The van der Waals surface area contributed by atoms with E-state index in [0.29, 0.717) is 19.7 Å². The van der Waals surface area contributed by atoms with Gasteiger partial charge in [-0.15, -0.1) is 16.4 Å². The maximum Gasteiger partial charge on any atom is 0.244 e. The number of likely N-dealkylation sites (tertiary alicyclic amines) is 1. The van der Waals surface area contributed by atoms with E-state index in [9.17, 15) is 4.79 Å². The van der Waals surface area contributed by atoms with Crippen molar-refractivity contribution in [2.24, 2.45) is 0 Å². The van der Waals surface area contributed by atoms with E-state index >= 15 is 0 Å². The molecule has 1 spiro atoms. The Kier molecular flexibility index (Phi) is 4.96. The van der Waals surface area contributed by atoms with E-state index in [1.807, 2.05) is 10.4 Å². The second-order valence-electron chi connectivity index (χ2n) is 6.99. The lowest BCUT2D eigenvalue weighted by Gasteiger charge is -2.47. The van der Waals surface area contributed by atoms with Crippen LogP contribution in [0.2, 0.25) is 0 Å². The summed E-state index contributed by atoms with van der Waals surface area (Å²) in [6.07, 6.45) is 3.35. The van der Waals surface area contributed by atoms with Gasteiger partial charge in [-0.2, -0.15) is 0 Å². The van der Waals surface area contributed by atoms with Crippen molar-refractivity contribution in [2.75, 3.05) is 32.8 Å². The number of amides is 1. The summed E-state index contributed by atoms with van der Waals surface area (Å²) in [4.78, 5) is 22.6. The highest BCUT2D eigenvalue weighted by Gasteiger charge is 2.41. The Hall–Kier alpha value is -1.91. The van der Waals surface area contributed by atoms with Crippen molar-refractivity contribution in [3.8, 4) is 0 Å². The van der Waals surface area contributed by atoms with Crippen LogP contribution in [0.1, 0.15) is 23.4 Å². The third-order valence-electron chi connectivity index (χ3n) is 5.27. The van der Waals surface area contributed by atoms with Crippen molar-refractivity contribution in [1.82, 2.24) is 35.0 Å². The summed E-state index contributed by atoms with van der Waals surface area (Å²) in [5, 5.41) is 10.9. The highest BCUT2D eigenvalue weighted by atomic mass is 32.1.